The van der Waals surface area contributed by atoms with Crippen LogP contribution < -0.4 is 17.1 Å². The number of aromatic amines is 3. The molecule has 0 amide bonds. The number of rotatable bonds is 1. The third-order valence-corrected chi connectivity index (χ3v) is 0.984. The van der Waals surface area contributed by atoms with E-state index in [1.807, 2.05) is 0 Å². The molecule has 0 saturated heterocycles. The van der Waals surface area contributed by atoms with Gasteiger partial charge >= 0.3 is 23.0 Å². The van der Waals surface area contributed by atoms with E-state index in [1.165, 1.54) is 0 Å². The van der Waals surface area contributed by atoms with Crippen LogP contribution in [0.25, 0.3) is 0 Å². The van der Waals surface area contributed by atoms with Crippen molar-refractivity contribution in [2.24, 2.45) is 0 Å². The molecule has 0 radical (unpaired) electrons. The molecule has 0 aliphatic heterocycles. The Kier molecular flexibility index (Phi) is 4.68. The van der Waals surface area contributed by atoms with Gasteiger partial charge in [-0.05, 0) is 0 Å². The van der Waals surface area contributed by atoms with Gasteiger partial charge in [0.25, 0.3) is 0 Å². The van der Waals surface area contributed by atoms with Crippen LogP contribution in [0.15, 0.2) is 14.4 Å². The summed E-state index contributed by atoms with van der Waals surface area (Å²) in [6.07, 6.45) is 0.222. The van der Waals surface area contributed by atoms with Gasteiger partial charge < -0.3 is 5.11 Å². The van der Waals surface area contributed by atoms with Crippen molar-refractivity contribution in [3.05, 3.63) is 31.5 Å². The van der Waals surface area contributed by atoms with Crippen LogP contribution in [0, 0.1) is 0 Å². The molecule has 0 bridgehead atoms. The molecule has 14 heavy (non-hydrogen) atoms. The van der Waals surface area contributed by atoms with Gasteiger partial charge in [-0.25, -0.2) is 14.4 Å². The SMILES string of the molecule is CCC(=O)O.O=c1[nH]c(=O)[nH]c(=O)[nH]1. The van der Waals surface area contributed by atoms with E-state index < -0.39 is 23.0 Å². The Morgan fingerprint density at radius 1 is 1.07 bits per heavy atom. The van der Waals surface area contributed by atoms with E-state index >= 15 is 0 Å². The minimum Gasteiger partial charge on any atom is -0.481 e. The standard InChI is InChI=1S/C3H3N3O3.C3H6O2/c7-1-4-2(8)6-3(9)5-1;1-2-3(4)5/h(H3,4,5,6,7,8,9);2H2,1H3,(H,4,5). The Balaban J connectivity index is 0.000000292. The van der Waals surface area contributed by atoms with Gasteiger partial charge in [0.1, 0.15) is 0 Å². The first-order valence-electron chi connectivity index (χ1n) is 3.60. The third-order valence-electron chi connectivity index (χ3n) is 0.984. The maximum Gasteiger partial charge on any atom is 0.330 e. The Hall–Kier alpha value is -2.12. The van der Waals surface area contributed by atoms with Crippen molar-refractivity contribution in [1.82, 2.24) is 15.0 Å². The Morgan fingerprint density at radius 2 is 1.29 bits per heavy atom. The highest BCUT2D eigenvalue weighted by Crippen LogP contribution is 1.67. The molecule has 1 aromatic heterocycles. The molecular formula is C6H9N3O5. The summed E-state index contributed by atoms with van der Waals surface area (Å²) >= 11 is 0. The van der Waals surface area contributed by atoms with Gasteiger partial charge in [-0.1, -0.05) is 6.92 Å². The average Bonchev–Trinajstić information content (AvgIpc) is 2.02. The Labute approximate surface area is 76.6 Å². The second-order valence-corrected chi connectivity index (χ2v) is 2.11. The highest BCUT2D eigenvalue weighted by atomic mass is 16.4. The summed E-state index contributed by atoms with van der Waals surface area (Å²) in [5.41, 5.74) is -2.41. The summed E-state index contributed by atoms with van der Waals surface area (Å²) < 4.78 is 0. The van der Waals surface area contributed by atoms with Crippen molar-refractivity contribution in [3.8, 4) is 0 Å². The molecule has 1 aromatic rings. The van der Waals surface area contributed by atoms with E-state index in [1.54, 1.807) is 21.9 Å². The molecule has 0 aliphatic carbocycles. The fourth-order valence-corrected chi connectivity index (χ4v) is 0.403. The van der Waals surface area contributed by atoms with E-state index in [0.717, 1.165) is 0 Å². The van der Waals surface area contributed by atoms with E-state index in [-0.39, 0.29) is 6.42 Å². The van der Waals surface area contributed by atoms with Crippen molar-refractivity contribution in [2.75, 3.05) is 0 Å². The molecule has 0 atom stereocenters. The van der Waals surface area contributed by atoms with Crippen LogP contribution >= 0.6 is 0 Å². The molecule has 4 N–H and O–H groups in total. The second-order valence-electron chi connectivity index (χ2n) is 2.11. The van der Waals surface area contributed by atoms with Crippen LogP contribution in [0.1, 0.15) is 13.3 Å². The molecule has 1 rings (SSSR count). The number of hydrogen-bond acceptors (Lipinski definition) is 4. The van der Waals surface area contributed by atoms with Crippen LogP contribution in [-0.4, -0.2) is 26.0 Å². The fourth-order valence-electron chi connectivity index (χ4n) is 0.403. The number of nitrogens with one attached hydrogen (secondary N) is 3. The molecule has 0 saturated carbocycles. The number of H-pyrrole nitrogens is 3. The van der Waals surface area contributed by atoms with Crippen molar-refractivity contribution in [1.29, 1.82) is 0 Å². The highest BCUT2D eigenvalue weighted by Gasteiger charge is 1.85. The molecule has 0 spiro atoms. The van der Waals surface area contributed by atoms with E-state index in [2.05, 4.69) is 0 Å². The van der Waals surface area contributed by atoms with E-state index in [4.69, 9.17) is 5.11 Å². The van der Waals surface area contributed by atoms with Crippen LogP contribution in [0.4, 0.5) is 0 Å². The third kappa shape index (κ3) is 5.52. The number of carboxylic acids is 1. The minimum absolute atomic E-state index is 0.222. The van der Waals surface area contributed by atoms with E-state index in [9.17, 15) is 19.2 Å². The number of aliphatic carboxylic acids is 1. The molecule has 8 heteroatoms. The van der Waals surface area contributed by atoms with Crippen molar-refractivity contribution >= 4 is 5.97 Å². The predicted octanol–water partition coefficient (Wildman–Crippen LogP) is -1.77. The number of carboxylic acid groups (broad SMARTS) is 1. The normalized spacial score (nSPS) is 8.64. The van der Waals surface area contributed by atoms with Crippen LogP contribution in [0.3, 0.4) is 0 Å². The smallest absolute Gasteiger partial charge is 0.330 e. The van der Waals surface area contributed by atoms with Crippen LogP contribution in [0.2, 0.25) is 0 Å². The lowest BCUT2D eigenvalue weighted by molar-refractivity contribution is -0.136. The molecule has 0 fully saturated rings. The fraction of sp³-hybridized carbons (Fsp3) is 0.333. The predicted molar refractivity (Wildman–Crippen MR) is 46.2 cm³/mol. The lowest BCUT2D eigenvalue weighted by Crippen LogP contribution is -2.34. The molecular weight excluding hydrogens is 194 g/mol. The minimum atomic E-state index is -0.802. The van der Waals surface area contributed by atoms with Gasteiger partial charge in [0.2, 0.25) is 0 Å². The van der Waals surface area contributed by atoms with Gasteiger partial charge in [-0.3, -0.25) is 19.7 Å². The zero-order valence-corrected chi connectivity index (χ0v) is 7.29. The van der Waals surface area contributed by atoms with Gasteiger partial charge in [0.15, 0.2) is 0 Å². The molecule has 1 heterocycles. The summed E-state index contributed by atoms with van der Waals surface area (Å²) in [4.78, 5) is 45.3. The summed E-state index contributed by atoms with van der Waals surface area (Å²) in [7, 11) is 0. The zero-order chi connectivity index (χ0) is 11.1. The van der Waals surface area contributed by atoms with Gasteiger partial charge in [-0.2, -0.15) is 0 Å². The average molecular weight is 203 g/mol. The van der Waals surface area contributed by atoms with Crippen molar-refractivity contribution in [2.45, 2.75) is 13.3 Å². The highest BCUT2D eigenvalue weighted by molar-refractivity contribution is 5.66. The lowest BCUT2D eigenvalue weighted by Gasteiger charge is -1.77. The summed E-state index contributed by atoms with van der Waals surface area (Å²) in [5, 5.41) is 7.72. The molecule has 0 aromatic carbocycles. The second kappa shape index (κ2) is 5.51. The van der Waals surface area contributed by atoms with Crippen molar-refractivity contribution in [3.63, 3.8) is 0 Å². The number of aromatic nitrogens is 3. The zero-order valence-electron chi connectivity index (χ0n) is 7.29. The topological polar surface area (TPSA) is 136 Å². The summed E-state index contributed by atoms with van der Waals surface area (Å²) in [6, 6.07) is 0. The Bertz CT molecular complexity index is 375. The van der Waals surface area contributed by atoms with Gasteiger partial charge in [-0.15, -0.1) is 0 Å². The largest absolute Gasteiger partial charge is 0.481 e. The quantitative estimate of drug-likeness (QED) is 0.428. The maximum absolute atomic E-state index is 10.2. The van der Waals surface area contributed by atoms with E-state index in [0.29, 0.717) is 0 Å². The van der Waals surface area contributed by atoms with Crippen LogP contribution in [-0.2, 0) is 4.79 Å². The monoisotopic (exact) mass is 203 g/mol. The molecule has 78 valence electrons. The van der Waals surface area contributed by atoms with Gasteiger partial charge in [0.05, 0.1) is 0 Å². The first kappa shape index (κ1) is 11.9. The van der Waals surface area contributed by atoms with Crippen molar-refractivity contribution < 1.29 is 9.90 Å². The number of hydrogen-bond donors (Lipinski definition) is 4. The lowest BCUT2D eigenvalue weighted by atomic mass is 10.5. The maximum atomic E-state index is 10.2. The molecule has 8 nitrogen and oxygen atoms in total. The number of carbonyl (C=O) groups is 1. The Morgan fingerprint density at radius 3 is 1.43 bits per heavy atom. The summed E-state index contributed by atoms with van der Waals surface area (Å²) in [5.74, 6) is -0.745. The van der Waals surface area contributed by atoms with Crippen LogP contribution in [0.5, 0.6) is 0 Å². The molecule has 0 aliphatic rings. The van der Waals surface area contributed by atoms with Gasteiger partial charge in [0, 0.05) is 6.42 Å². The molecule has 0 unspecified atom stereocenters. The summed E-state index contributed by atoms with van der Waals surface area (Å²) in [6.45, 7) is 1.60. The first-order valence-corrected chi connectivity index (χ1v) is 3.60. The first-order chi connectivity index (χ1) is 6.45.